The van der Waals surface area contributed by atoms with Gasteiger partial charge in [0, 0.05) is 12.2 Å². The van der Waals surface area contributed by atoms with Gasteiger partial charge in [-0.25, -0.2) is 9.97 Å². The van der Waals surface area contributed by atoms with E-state index in [2.05, 4.69) is 9.97 Å². The van der Waals surface area contributed by atoms with Gasteiger partial charge in [-0.1, -0.05) is 11.8 Å². The summed E-state index contributed by atoms with van der Waals surface area (Å²) in [5.41, 5.74) is 1.43. The number of rotatable bonds is 2. The van der Waals surface area contributed by atoms with Gasteiger partial charge in [-0.3, -0.25) is 4.79 Å². The topological polar surface area (TPSA) is 66.3 Å². The maximum Gasteiger partial charge on any atom is 0.257 e. The van der Waals surface area contributed by atoms with Crippen LogP contribution < -0.4 is 0 Å². The van der Waals surface area contributed by atoms with Crippen molar-refractivity contribution in [2.45, 2.75) is 36.7 Å². The van der Waals surface area contributed by atoms with Crippen molar-refractivity contribution in [3.8, 4) is 0 Å². The zero-order valence-corrected chi connectivity index (χ0v) is 10.3. The molecule has 0 bridgehead atoms. The highest BCUT2D eigenvalue weighted by molar-refractivity contribution is 7.98. The Hall–Kier alpha value is -1.14. The molecule has 0 atom stereocenters. The number of carbonyl (C=O) groups is 1. The van der Waals surface area contributed by atoms with E-state index in [1.165, 1.54) is 11.8 Å². The Balaban J connectivity index is 1.84. The van der Waals surface area contributed by atoms with Crippen LogP contribution in [0.5, 0.6) is 0 Å². The second kappa shape index (κ2) is 3.96. The Bertz CT molecular complexity index is 474. The molecule has 1 aromatic rings. The summed E-state index contributed by atoms with van der Waals surface area (Å²) in [6.07, 6.45) is 4.65. The van der Waals surface area contributed by atoms with Gasteiger partial charge in [-0.15, -0.1) is 0 Å². The normalized spacial score (nSPS) is 26.9. The van der Waals surface area contributed by atoms with Gasteiger partial charge in [0.05, 0.1) is 23.9 Å². The lowest BCUT2D eigenvalue weighted by atomic mass is 9.88. The number of hydrogen-bond acceptors (Lipinski definition) is 5. The fraction of sp³-hybridized carbons (Fsp3) is 0.545. The zero-order valence-electron chi connectivity index (χ0n) is 9.46. The molecular weight excluding hydrogens is 238 g/mol. The summed E-state index contributed by atoms with van der Waals surface area (Å²) in [4.78, 5) is 22.4. The van der Waals surface area contributed by atoms with Gasteiger partial charge >= 0.3 is 0 Å². The van der Waals surface area contributed by atoms with Gasteiger partial charge in [0.2, 0.25) is 0 Å². The highest BCUT2D eigenvalue weighted by atomic mass is 32.2. The standard InChI is InChI=1S/C11H13N3O2S/c1-17-11-12-4-8-9(13-11)5-14(10(8)16)6-2-7(15)3-6/h4,6-7,15H,2-3,5H2,1H3/t6-,7-. The van der Waals surface area contributed by atoms with E-state index in [9.17, 15) is 9.90 Å². The van der Waals surface area contributed by atoms with Crippen LogP contribution in [-0.4, -0.2) is 44.3 Å². The molecule has 1 aromatic heterocycles. The van der Waals surface area contributed by atoms with E-state index in [-0.39, 0.29) is 18.1 Å². The molecule has 1 aliphatic heterocycles. The number of amides is 1. The average molecular weight is 251 g/mol. The lowest BCUT2D eigenvalue weighted by Gasteiger charge is -2.38. The van der Waals surface area contributed by atoms with Gasteiger partial charge in [-0.05, 0) is 19.1 Å². The van der Waals surface area contributed by atoms with Gasteiger partial charge in [0.25, 0.3) is 5.91 Å². The van der Waals surface area contributed by atoms with E-state index in [0.29, 0.717) is 30.1 Å². The van der Waals surface area contributed by atoms with E-state index >= 15 is 0 Å². The highest BCUT2D eigenvalue weighted by Gasteiger charge is 2.40. The third-order valence-corrected chi connectivity index (χ3v) is 3.93. The van der Waals surface area contributed by atoms with Crippen LogP contribution in [0.1, 0.15) is 28.9 Å². The van der Waals surface area contributed by atoms with E-state index in [1.807, 2.05) is 6.26 Å². The molecule has 1 amide bonds. The fourth-order valence-electron chi connectivity index (χ4n) is 2.29. The van der Waals surface area contributed by atoms with Crippen molar-refractivity contribution in [3.63, 3.8) is 0 Å². The molecule has 2 aliphatic rings. The highest BCUT2D eigenvalue weighted by Crippen LogP contribution is 2.32. The molecule has 1 saturated carbocycles. The number of aromatic nitrogens is 2. The molecule has 0 radical (unpaired) electrons. The molecule has 3 rings (SSSR count). The van der Waals surface area contributed by atoms with E-state index in [4.69, 9.17) is 0 Å². The summed E-state index contributed by atoms with van der Waals surface area (Å²) in [5.74, 6) is 0.00422. The first-order valence-electron chi connectivity index (χ1n) is 5.58. The van der Waals surface area contributed by atoms with Crippen molar-refractivity contribution >= 4 is 17.7 Å². The first kappa shape index (κ1) is 11.0. The summed E-state index contributed by atoms with van der Waals surface area (Å²) in [6, 6.07) is 0.171. The number of nitrogens with zero attached hydrogens (tertiary/aromatic N) is 3. The predicted molar refractivity (Wildman–Crippen MR) is 62.7 cm³/mol. The van der Waals surface area contributed by atoms with Crippen LogP contribution in [0.25, 0.3) is 0 Å². The van der Waals surface area contributed by atoms with Gasteiger partial charge < -0.3 is 10.0 Å². The zero-order chi connectivity index (χ0) is 12.0. The molecule has 0 saturated heterocycles. The lowest BCUT2D eigenvalue weighted by molar-refractivity contribution is 0.00558. The predicted octanol–water partition coefficient (Wildman–Crippen LogP) is 0.678. The van der Waals surface area contributed by atoms with Crippen molar-refractivity contribution in [2.24, 2.45) is 0 Å². The van der Waals surface area contributed by atoms with Crippen molar-refractivity contribution in [1.82, 2.24) is 14.9 Å². The molecule has 6 heteroatoms. The van der Waals surface area contributed by atoms with Crippen LogP contribution in [0.2, 0.25) is 0 Å². The minimum Gasteiger partial charge on any atom is -0.393 e. The SMILES string of the molecule is CSc1ncc2c(n1)CN([C@H]1C[C@H](O)C1)C2=O. The summed E-state index contributed by atoms with van der Waals surface area (Å²) >= 11 is 1.47. The lowest BCUT2D eigenvalue weighted by Crippen LogP contribution is -2.47. The summed E-state index contributed by atoms with van der Waals surface area (Å²) in [5, 5.41) is 10.00. The van der Waals surface area contributed by atoms with Crippen molar-refractivity contribution in [1.29, 1.82) is 0 Å². The molecule has 5 nitrogen and oxygen atoms in total. The number of fused-ring (bicyclic) bond motifs is 1. The smallest absolute Gasteiger partial charge is 0.257 e. The van der Waals surface area contributed by atoms with E-state index in [1.54, 1.807) is 11.1 Å². The second-order valence-electron chi connectivity index (χ2n) is 4.43. The van der Waals surface area contributed by atoms with Crippen LogP contribution in [0.3, 0.4) is 0 Å². The molecule has 1 aliphatic carbocycles. The molecule has 17 heavy (non-hydrogen) atoms. The average Bonchev–Trinajstić information content (AvgIpc) is 2.62. The van der Waals surface area contributed by atoms with Crippen LogP contribution >= 0.6 is 11.8 Å². The van der Waals surface area contributed by atoms with Crippen molar-refractivity contribution in [3.05, 3.63) is 17.5 Å². The molecule has 0 spiro atoms. The summed E-state index contributed by atoms with van der Waals surface area (Å²) in [7, 11) is 0. The second-order valence-corrected chi connectivity index (χ2v) is 5.20. The van der Waals surface area contributed by atoms with Crippen LogP contribution in [0.15, 0.2) is 11.4 Å². The van der Waals surface area contributed by atoms with Crippen molar-refractivity contribution < 1.29 is 9.90 Å². The molecule has 90 valence electrons. The van der Waals surface area contributed by atoms with Gasteiger partial charge in [0.1, 0.15) is 0 Å². The number of thioether (sulfide) groups is 1. The molecular formula is C11H13N3O2S. The van der Waals surface area contributed by atoms with E-state index in [0.717, 1.165) is 5.69 Å². The Kier molecular flexibility index (Phi) is 2.56. The summed E-state index contributed by atoms with van der Waals surface area (Å²) < 4.78 is 0. The Morgan fingerprint density at radius 1 is 1.53 bits per heavy atom. The van der Waals surface area contributed by atoms with Gasteiger partial charge in [0.15, 0.2) is 5.16 Å². The molecule has 1 N–H and O–H groups in total. The minimum atomic E-state index is -0.246. The fourth-order valence-corrected chi connectivity index (χ4v) is 2.65. The quantitative estimate of drug-likeness (QED) is 0.618. The van der Waals surface area contributed by atoms with Crippen molar-refractivity contribution in [2.75, 3.05) is 6.26 Å². The summed E-state index contributed by atoms with van der Waals surface area (Å²) in [6.45, 7) is 0.557. The molecule has 1 fully saturated rings. The Morgan fingerprint density at radius 3 is 2.94 bits per heavy atom. The van der Waals surface area contributed by atoms with Crippen LogP contribution in [-0.2, 0) is 6.54 Å². The Morgan fingerprint density at radius 2 is 2.29 bits per heavy atom. The molecule has 2 heterocycles. The Labute approximate surface area is 103 Å². The van der Waals surface area contributed by atoms with Gasteiger partial charge in [-0.2, -0.15) is 0 Å². The number of carbonyl (C=O) groups excluding carboxylic acids is 1. The maximum absolute atomic E-state index is 12.1. The number of hydrogen-bond donors (Lipinski definition) is 1. The first-order chi connectivity index (χ1) is 8.19. The first-order valence-corrected chi connectivity index (χ1v) is 6.80. The monoisotopic (exact) mass is 251 g/mol. The van der Waals surface area contributed by atoms with E-state index < -0.39 is 0 Å². The molecule has 0 aromatic carbocycles. The minimum absolute atomic E-state index is 0.00422. The number of aliphatic hydroxyl groups is 1. The number of aliphatic hydroxyl groups excluding tert-OH is 1. The maximum atomic E-state index is 12.1. The largest absolute Gasteiger partial charge is 0.393 e. The third-order valence-electron chi connectivity index (χ3n) is 3.37. The van der Waals surface area contributed by atoms with Crippen LogP contribution in [0.4, 0.5) is 0 Å². The third kappa shape index (κ3) is 1.71. The molecule has 0 unspecified atom stereocenters. The van der Waals surface area contributed by atoms with Crippen LogP contribution in [0, 0.1) is 0 Å².